The fourth-order valence-electron chi connectivity index (χ4n) is 3.02. The molecule has 2 rings (SSSR count). The molecule has 1 aliphatic heterocycles. The van der Waals surface area contributed by atoms with Crippen LogP contribution in [-0.4, -0.2) is 27.7 Å². The third-order valence-corrected chi connectivity index (χ3v) is 5.86. The number of hydrogen-bond acceptors (Lipinski definition) is 3. The molecule has 1 spiro atoms. The molecule has 17 heavy (non-hydrogen) atoms. The first kappa shape index (κ1) is 13.2. The number of aliphatic carboxylic acids is 1. The van der Waals surface area contributed by atoms with E-state index in [1.54, 1.807) is 0 Å². The van der Waals surface area contributed by atoms with Gasteiger partial charge in [0.2, 0.25) is 0 Å². The van der Waals surface area contributed by atoms with Crippen LogP contribution in [0.3, 0.4) is 0 Å². The maximum atomic E-state index is 11.0. The average molecular weight is 257 g/mol. The summed E-state index contributed by atoms with van der Waals surface area (Å²) in [5, 5.41) is 12.4. The average Bonchev–Trinajstić information content (AvgIpc) is 2.62. The van der Waals surface area contributed by atoms with Gasteiger partial charge in [-0.3, -0.25) is 10.1 Å². The van der Waals surface area contributed by atoms with E-state index >= 15 is 0 Å². The number of thioether (sulfide) groups is 1. The minimum atomic E-state index is -0.702. The molecular formula is C13H23NO2S. The molecule has 0 aromatic carbocycles. The highest BCUT2D eigenvalue weighted by Crippen LogP contribution is 2.48. The van der Waals surface area contributed by atoms with Gasteiger partial charge in [0.25, 0.3) is 0 Å². The molecule has 1 unspecified atom stereocenters. The van der Waals surface area contributed by atoms with Crippen LogP contribution in [0.5, 0.6) is 0 Å². The van der Waals surface area contributed by atoms with Crippen molar-refractivity contribution in [2.24, 2.45) is 11.3 Å². The maximum Gasteiger partial charge on any atom is 0.321 e. The summed E-state index contributed by atoms with van der Waals surface area (Å²) >= 11 is 1.82. The highest BCUT2D eigenvalue weighted by molar-refractivity contribution is 8.00. The van der Waals surface area contributed by atoms with E-state index in [1.807, 2.05) is 11.8 Å². The van der Waals surface area contributed by atoms with Gasteiger partial charge in [0.15, 0.2) is 0 Å². The maximum absolute atomic E-state index is 11.0. The Labute approximate surface area is 108 Å². The minimum absolute atomic E-state index is 0.0603. The van der Waals surface area contributed by atoms with Gasteiger partial charge in [0, 0.05) is 5.75 Å². The van der Waals surface area contributed by atoms with Crippen LogP contribution in [0.4, 0.5) is 0 Å². The normalized spacial score (nSPS) is 38.5. The molecule has 0 radical (unpaired) electrons. The van der Waals surface area contributed by atoms with Crippen molar-refractivity contribution in [2.45, 2.75) is 57.4 Å². The second-order valence-corrected chi connectivity index (χ2v) is 7.88. The second-order valence-electron chi connectivity index (χ2n) is 6.48. The molecule has 1 heterocycles. The first-order chi connectivity index (χ1) is 7.82. The zero-order valence-corrected chi connectivity index (χ0v) is 11.8. The lowest BCUT2D eigenvalue weighted by Crippen LogP contribution is -2.48. The summed E-state index contributed by atoms with van der Waals surface area (Å²) in [6.07, 6.45) is 4.67. The predicted molar refractivity (Wildman–Crippen MR) is 71.2 cm³/mol. The van der Waals surface area contributed by atoms with Gasteiger partial charge < -0.3 is 5.11 Å². The molecule has 0 aromatic heterocycles. The third kappa shape index (κ3) is 2.79. The SMILES string of the molecule is CC(C)(C)C1CCC2(CC1)NC(C(=O)O)CS2. The fraction of sp³-hybridized carbons (Fsp3) is 0.923. The van der Waals surface area contributed by atoms with Crippen LogP contribution >= 0.6 is 11.8 Å². The van der Waals surface area contributed by atoms with E-state index in [1.165, 1.54) is 12.8 Å². The number of carboxylic acid groups (broad SMARTS) is 1. The third-order valence-electron chi connectivity index (χ3n) is 4.28. The lowest BCUT2D eigenvalue weighted by atomic mass is 9.71. The molecule has 0 amide bonds. The van der Waals surface area contributed by atoms with Gasteiger partial charge in [-0.1, -0.05) is 20.8 Å². The van der Waals surface area contributed by atoms with E-state index in [0.29, 0.717) is 5.41 Å². The van der Waals surface area contributed by atoms with Crippen LogP contribution < -0.4 is 5.32 Å². The van der Waals surface area contributed by atoms with Crippen LogP contribution in [0.2, 0.25) is 0 Å². The summed E-state index contributed by atoms with van der Waals surface area (Å²) in [4.78, 5) is 11.0. The van der Waals surface area contributed by atoms with Crippen LogP contribution in [-0.2, 0) is 4.79 Å². The topological polar surface area (TPSA) is 49.3 Å². The standard InChI is InChI=1S/C13H23NO2S/c1-12(2,3)9-4-6-13(7-5-9)14-10(8-17-13)11(15)16/h9-10,14H,4-8H2,1-3H3,(H,15,16). The monoisotopic (exact) mass is 257 g/mol. The quantitative estimate of drug-likeness (QED) is 0.758. The molecule has 2 fully saturated rings. The van der Waals surface area contributed by atoms with Crippen LogP contribution in [0.25, 0.3) is 0 Å². The Balaban J connectivity index is 1.93. The Morgan fingerprint density at radius 1 is 1.35 bits per heavy atom. The van der Waals surface area contributed by atoms with Crippen molar-refractivity contribution in [3.8, 4) is 0 Å². The Morgan fingerprint density at radius 2 is 1.94 bits per heavy atom. The van der Waals surface area contributed by atoms with Gasteiger partial charge in [-0.15, -0.1) is 11.8 Å². The molecule has 0 bridgehead atoms. The van der Waals surface area contributed by atoms with Crippen molar-refractivity contribution in [1.82, 2.24) is 5.32 Å². The van der Waals surface area contributed by atoms with Crippen molar-refractivity contribution in [3.05, 3.63) is 0 Å². The highest BCUT2D eigenvalue weighted by Gasteiger charge is 2.45. The van der Waals surface area contributed by atoms with E-state index in [-0.39, 0.29) is 10.9 Å². The molecular weight excluding hydrogens is 234 g/mol. The zero-order chi connectivity index (χ0) is 12.7. The van der Waals surface area contributed by atoms with E-state index in [0.717, 1.165) is 24.5 Å². The van der Waals surface area contributed by atoms with Gasteiger partial charge in [0.1, 0.15) is 6.04 Å². The van der Waals surface area contributed by atoms with Gasteiger partial charge in [-0.2, -0.15) is 0 Å². The molecule has 1 atom stereocenters. The van der Waals surface area contributed by atoms with Gasteiger partial charge in [0.05, 0.1) is 4.87 Å². The summed E-state index contributed by atoms with van der Waals surface area (Å²) in [6.45, 7) is 6.93. The number of hydrogen-bond donors (Lipinski definition) is 2. The first-order valence-corrected chi connectivity index (χ1v) is 7.45. The number of nitrogens with one attached hydrogen (secondary N) is 1. The van der Waals surface area contributed by atoms with Gasteiger partial charge >= 0.3 is 5.97 Å². The summed E-state index contributed by atoms with van der Waals surface area (Å²) in [6, 6.07) is -0.341. The second kappa shape index (κ2) is 4.47. The van der Waals surface area contributed by atoms with E-state index in [2.05, 4.69) is 26.1 Å². The smallest absolute Gasteiger partial charge is 0.321 e. The minimum Gasteiger partial charge on any atom is -0.480 e. The number of carbonyl (C=O) groups is 1. The highest BCUT2D eigenvalue weighted by atomic mass is 32.2. The lowest BCUT2D eigenvalue weighted by Gasteiger charge is -2.42. The van der Waals surface area contributed by atoms with Crippen LogP contribution in [0.15, 0.2) is 0 Å². The Morgan fingerprint density at radius 3 is 2.35 bits per heavy atom. The van der Waals surface area contributed by atoms with Gasteiger partial charge in [-0.25, -0.2) is 0 Å². The van der Waals surface area contributed by atoms with E-state index in [9.17, 15) is 4.79 Å². The van der Waals surface area contributed by atoms with Crippen molar-refractivity contribution >= 4 is 17.7 Å². The Bertz CT molecular complexity index is 303. The molecule has 1 aliphatic carbocycles. The van der Waals surface area contributed by atoms with E-state index in [4.69, 9.17) is 5.11 Å². The van der Waals surface area contributed by atoms with Crippen LogP contribution in [0, 0.1) is 11.3 Å². The first-order valence-electron chi connectivity index (χ1n) is 6.47. The number of rotatable bonds is 1. The van der Waals surface area contributed by atoms with Crippen molar-refractivity contribution in [2.75, 3.05) is 5.75 Å². The fourth-order valence-corrected chi connectivity index (χ4v) is 4.48. The molecule has 3 nitrogen and oxygen atoms in total. The summed E-state index contributed by atoms with van der Waals surface area (Å²) in [5.41, 5.74) is 0.386. The Hall–Kier alpha value is -0.220. The molecule has 98 valence electrons. The van der Waals surface area contributed by atoms with Crippen LogP contribution in [0.1, 0.15) is 46.5 Å². The lowest BCUT2D eigenvalue weighted by molar-refractivity contribution is -0.139. The van der Waals surface area contributed by atoms with Crippen molar-refractivity contribution in [1.29, 1.82) is 0 Å². The largest absolute Gasteiger partial charge is 0.480 e. The van der Waals surface area contributed by atoms with Crippen molar-refractivity contribution < 1.29 is 9.90 Å². The molecule has 2 aliphatic rings. The summed E-state index contributed by atoms with van der Waals surface area (Å²) in [5.74, 6) is 0.793. The molecule has 1 saturated carbocycles. The summed E-state index contributed by atoms with van der Waals surface area (Å²) < 4.78 is 0. The molecule has 0 aromatic rings. The molecule has 1 saturated heterocycles. The predicted octanol–water partition coefficient (Wildman–Crippen LogP) is 2.71. The Kier molecular flexibility index (Phi) is 3.47. The van der Waals surface area contributed by atoms with E-state index < -0.39 is 5.97 Å². The summed E-state index contributed by atoms with van der Waals surface area (Å²) in [7, 11) is 0. The molecule has 2 N–H and O–H groups in total. The van der Waals surface area contributed by atoms with Crippen molar-refractivity contribution in [3.63, 3.8) is 0 Å². The molecule has 4 heteroatoms. The number of carboxylic acids is 1. The van der Waals surface area contributed by atoms with Gasteiger partial charge in [-0.05, 0) is 37.0 Å². The zero-order valence-electron chi connectivity index (χ0n) is 11.0.